The molecule has 0 spiro atoms. The lowest BCUT2D eigenvalue weighted by Crippen LogP contribution is -2.37. The zero-order valence-corrected chi connectivity index (χ0v) is 13.8. The van der Waals surface area contributed by atoms with Gasteiger partial charge >= 0.3 is 0 Å². The quantitative estimate of drug-likeness (QED) is 0.869. The second-order valence-electron chi connectivity index (χ2n) is 5.93. The first-order valence-corrected chi connectivity index (χ1v) is 8.02. The summed E-state index contributed by atoms with van der Waals surface area (Å²) >= 11 is 0. The van der Waals surface area contributed by atoms with E-state index in [2.05, 4.69) is 15.6 Å². The van der Waals surface area contributed by atoms with E-state index in [1.807, 2.05) is 0 Å². The molecule has 1 aromatic heterocycles. The van der Waals surface area contributed by atoms with Crippen molar-refractivity contribution in [2.45, 2.75) is 19.0 Å². The maximum absolute atomic E-state index is 13.3. The van der Waals surface area contributed by atoms with E-state index in [9.17, 15) is 14.0 Å². The summed E-state index contributed by atoms with van der Waals surface area (Å²) in [5.74, 6) is -0.177. The molecule has 2 heterocycles. The summed E-state index contributed by atoms with van der Waals surface area (Å²) in [6.07, 6.45) is 1.83. The van der Waals surface area contributed by atoms with E-state index in [1.165, 1.54) is 12.1 Å². The Balaban J connectivity index is 1.63. The van der Waals surface area contributed by atoms with Crippen LogP contribution in [0.1, 0.15) is 22.3 Å². The van der Waals surface area contributed by atoms with Crippen molar-refractivity contribution < 1.29 is 14.0 Å². The number of halogens is 1. The fourth-order valence-electron chi connectivity index (χ4n) is 2.93. The van der Waals surface area contributed by atoms with Crippen LogP contribution in [0.2, 0.25) is 0 Å². The highest BCUT2D eigenvalue weighted by Gasteiger charge is 2.31. The van der Waals surface area contributed by atoms with Gasteiger partial charge < -0.3 is 15.5 Å². The minimum absolute atomic E-state index is 0.0606. The van der Waals surface area contributed by atoms with E-state index in [-0.39, 0.29) is 30.1 Å². The molecular weight excluding hydrogens is 323 g/mol. The Morgan fingerprint density at radius 2 is 2.20 bits per heavy atom. The molecule has 3 rings (SSSR count). The Morgan fingerprint density at radius 3 is 2.96 bits per heavy atom. The number of aromatic nitrogens is 1. The lowest BCUT2D eigenvalue weighted by atomic mass is 10.2. The Labute approximate surface area is 145 Å². The van der Waals surface area contributed by atoms with Crippen LogP contribution in [0.25, 0.3) is 0 Å². The van der Waals surface area contributed by atoms with Crippen molar-refractivity contribution in [3.05, 3.63) is 59.5 Å². The molecule has 1 aliphatic heterocycles. The van der Waals surface area contributed by atoms with Crippen molar-refractivity contribution >= 4 is 17.6 Å². The third-order valence-electron chi connectivity index (χ3n) is 4.10. The summed E-state index contributed by atoms with van der Waals surface area (Å²) in [6, 6.07) is 9.25. The number of carbonyl (C=O) groups excluding carboxylic acids is 2. The molecule has 2 amide bonds. The first-order valence-electron chi connectivity index (χ1n) is 8.02. The van der Waals surface area contributed by atoms with Crippen LogP contribution in [0, 0.1) is 5.82 Å². The Hall–Kier alpha value is -2.96. The third kappa shape index (κ3) is 3.93. The number of hydrogen-bond donors (Lipinski definition) is 2. The molecule has 25 heavy (non-hydrogen) atoms. The maximum Gasteiger partial charge on any atom is 0.255 e. The molecule has 0 radical (unpaired) electrons. The molecule has 1 aromatic carbocycles. The largest absolute Gasteiger partial charge is 0.372 e. The van der Waals surface area contributed by atoms with Gasteiger partial charge in [-0.05, 0) is 29.8 Å². The number of benzene rings is 1. The van der Waals surface area contributed by atoms with Gasteiger partial charge in [-0.3, -0.25) is 9.59 Å². The van der Waals surface area contributed by atoms with Gasteiger partial charge in [0.15, 0.2) is 0 Å². The fraction of sp³-hybridized carbons (Fsp3) is 0.278. The summed E-state index contributed by atoms with van der Waals surface area (Å²) in [6.45, 7) is 0.730. The topological polar surface area (TPSA) is 74.3 Å². The predicted octanol–water partition coefficient (Wildman–Crippen LogP) is 1.79. The molecule has 0 saturated carbocycles. The van der Waals surface area contributed by atoms with Gasteiger partial charge in [0.05, 0.1) is 11.6 Å². The van der Waals surface area contributed by atoms with Crippen LogP contribution >= 0.6 is 0 Å². The first-order chi connectivity index (χ1) is 12.1. The van der Waals surface area contributed by atoms with Crippen molar-refractivity contribution in [3.8, 4) is 0 Å². The minimum Gasteiger partial charge on any atom is -0.372 e. The number of pyridine rings is 1. The Bertz CT molecular complexity index is 796. The SMILES string of the molecule is CNc1ncccc1C(=O)NC1CC(=O)N(Cc2cccc(F)c2)C1. The van der Waals surface area contributed by atoms with Crippen molar-refractivity contribution in [1.29, 1.82) is 0 Å². The molecule has 7 heteroatoms. The lowest BCUT2D eigenvalue weighted by Gasteiger charge is -2.17. The van der Waals surface area contributed by atoms with E-state index < -0.39 is 0 Å². The second-order valence-corrected chi connectivity index (χ2v) is 5.93. The highest BCUT2D eigenvalue weighted by Crippen LogP contribution is 2.17. The average molecular weight is 342 g/mol. The average Bonchev–Trinajstić information content (AvgIpc) is 2.94. The van der Waals surface area contributed by atoms with E-state index in [0.29, 0.717) is 24.5 Å². The molecule has 1 aliphatic rings. The van der Waals surface area contributed by atoms with E-state index in [0.717, 1.165) is 5.56 Å². The molecule has 0 aliphatic carbocycles. The molecule has 130 valence electrons. The van der Waals surface area contributed by atoms with E-state index in [4.69, 9.17) is 0 Å². The van der Waals surface area contributed by atoms with Crippen molar-refractivity contribution in [3.63, 3.8) is 0 Å². The highest BCUT2D eigenvalue weighted by molar-refractivity contribution is 5.99. The smallest absolute Gasteiger partial charge is 0.255 e. The van der Waals surface area contributed by atoms with Crippen LogP contribution in [0.3, 0.4) is 0 Å². The molecule has 1 atom stereocenters. The Morgan fingerprint density at radius 1 is 1.36 bits per heavy atom. The zero-order valence-electron chi connectivity index (χ0n) is 13.8. The van der Waals surface area contributed by atoms with Crippen LogP contribution in [-0.4, -0.2) is 41.3 Å². The number of nitrogens with one attached hydrogen (secondary N) is 2. The lowest BCUT2D eigenvalue weighted by molar-refractivity contribution is -0.128. The third-order valence-corrected chi connectivity index (χ3v) is 4.10. The van der Waals surface area contributed by atoms with E-state index in [1.54, 1.807) is 42.4 Å². The summed E-state index contributed by atoms with van der Waals surface area (Å²) in [5.41, 5.74) is 1.16. The monoisotopic (exact) mass is 342 g/mol. The van der Waals surface area contributed by atoms with Gasteiger partial charge in [-0.15, -0.1) is 0 Å². The van der Waals surface area contributed by atoms with Crippen LogP contribution in [-0.2, 0) is 11.3 Å². The number of likely N-dealkylation sites (tertiary alicyclic amines) is 1. The molecule has 1 unspecified atom stereocenters. The molecule has 0 bridgehead atoms. The van der Waals surface area contributed by atoms with Crippen LogP contribution in [0.5, 0.6) is 0 Å². The van der Waals surface area contributed by atoms with Gasteiger partial charge in [-0.2, -0.15) is 0 Å². The van der Waals surface area contributed by atoms with Gasteiger partial charge in [0.25, 0.3) is 5.91 Å². The molecular formula is C18H19FN4O2. The van der Waals surface area contributed by atoms with Crippen molar-refractivity contribution in [1.82, 2.24) is 15.2 Å². The normalized spacial score (nSPS) is 16.8. The van der Waals surface area contributed by atoms with Crippen LogP contribution in [0.4, 0.5) is 10.2 Å². The number of amides is 2. The standard InChI is InChI=1S/C18H19FN4O2/c1-20-17-15(6-3-7-21-17)18(25)22-14-9-16(24)23(11-14)10-12-4-2-5-13(19)8-12/h2-8,14H,9-11H2,1H3,(H,20,21)(H,22,25). The summed E-state index contributed by atoms with van der Waals surface area (Å²) < 4.78 is 13.3. The van der Waals surface area contributed by atoms with Crippen molar-refractivity contribution in [2.24, 2.45) is 0 Å². The zero-order chi connectivity index (χ0) is 17.8. The maximum atomic E-state index is 13.3. The second kappa shape index (κ2) is 7.29. The predicted molar refractivity (Wildman–Crippen MR) is 91.5 cm³/mol. The Kier molecular flexibility index (Phi) is 4.92. The number of nitrogens with zero attached hydrogens (tertiary/aromatic N) is 2. The number of anilines is 1. The number of carbonyl (C=O) groups is 2. The molecule has 6 nitrogen and oxygen atoms in total. The molecule has 1 saturated heterocycles. The van der Waals surface area contributed by atoms with Gasteiger partial charge in [0.2, 0.25) is 5.91 Å². The van der Waals surface area contributed by atoms with Gasteiger partial charge in [-0.1, -0.05) is 12.1 Å². The summed E-state index contributed by atoms with van der Waals surface area (Å²) in [7, 11) is 1.69. The number of hydrogen-bond acceptors (Lipinski definition) is 4. The fourth-order valence-corrected chi connectivity index (χ4v) is 2.93. The number of rotatable bonds is 5. The van der Waals surface area contributed by atoms with Crippen LogP contribution < -0.4 is 10.6 Å². The van der Waals surface area contributed by atoms with Gasteiger partial charge in [0, 0.05) is 32.8 Å². The van der Waals surface area contributed by atoms with E-state index >= 15 is 0 Å². The van der Waals surface area contributed by atoms with Gasteiger partial charge in [0.1, 0.15) is 11.6 Å². The van der Waals surface area contributed by atoms with Gasteiger partial charge in [-0.25, -0.2) is 9.37 Å². The minimum atomic E-state index is -0.329. The highest BCUT2D eigenvalue weighted by atomic mass is 19.1. The molecule has 2 aromatic rings. The summed E-state index contributed by atoms with van der Waals surface area (Å²) in [5, 5.41) is 5.74. The van der Waals surface area contributed by atoms with Crippen LogP contribution in [0.15, 0.2) is 42.6 Å². The van der Waals surface area contributed by atoms with Crippen molar-refractivity contribution in [2.75, 3.05) is 18.9 Å². The molecule has 1 fully saturated rings. The molecule has 2 N–H and O–H groups in total. The summed E-state index contributed by atoms with van der Waals surface area (Å²) in [4.78, 5) is 30.3. The first kappa shape index (κ1) is 16.9.